The minimum atomic E-state index is -0.174. The van der Waals surface area contributed by atoms with Gasteiger partial charge in [-0.1, -0.05) is 43.0 Å². The molecule has 0 spiro atoms. The van der Waals surface area contributed by atoms with E-state index in [2.05, 4.69) is 46.0 Å². The van der Waals surface area contributed by atoms with Crippen molar-refractivity contribution in [3.63, 3.8) is 0 Å². The number of thioether (sulfide) groups is 1. The van der Waals surface area contributed by atoms with Crippen molar-refractivity contribution in [3.05, 3.63) is 39.3 Å². The highest BCUT2D eigenvalue weighted by Gasteiger charge is 2.19. The highest BCUT2D eigenvalue weighted by atomic mass is 32.2. The fraction of sp³-hybridized carbons (Fsp3) is 0.474. The van der Waals surface area contributed by atoms with Crippen molar-refractivity contribution in [2.75, 3.05) is 11.9 Å². The van der Waals surface area contributed by atoms with Gasteiger partial charge in [0, 0.05) is 6.20 Å². The number of aromatic nitrogens is 4. The number of pyridine rings is 1. The van der Waals surface area contributed by atoms with Crippen LogP contribution in [-0.4, -0.2) is 37.7 Å². The van der Waals surface area contributed by atoms with Gasteiger partial charge in [-0.25, -0.2) is 9.97 Å². The molecule has 0 fully saturated rings. The Morgan fingerprint density at radius 3 is 2.79 bits per heavy atom. The second kappa shape index (κ2) is 9.02. The van der Waals surface area contributed by atoms with Crippen LogP contribution in [-0.2, 0) is 0 Å². The van der Waals surface area contributed by atoms with Crippen LogP contribution in [0, 0.1) is 12.8 Å². The second-order valence-electron chi connectivity index (χ2n) is 7.17. The molecule has 0 saturated heterocycles. The number of hydrogen-bond donors (Lipinski definition) is 3. The van der Waals surface area contributed by atoms with Crippen molar-refractivity contribution in [1.29, 1.82) is 0 Å². The normalized spacial score (nSPS) is 13.8. The third-order valence-electron chi connectivity index (χ3n) is 4.29. The number of hydrogen-bond acceptors (Lipinski definition) is 8. The number of H-pyrrole nitrogens is 1. The minimum absolute atomic E-state index is 0.00495. The summed E-state index contributed by atoms with van der Waals surface area (Å²) in [6, 6.07) is 3.81. The fourth-order valence-electron chi connectivity index (χ4n) is 3.06. The Bertz CT molecular complexity index is 1000. The SMILES string of the molecule is Cc1cccnc1C(C)Sc1nc(N[C@@H](CO)CC(C)C)c2sc(=O)[nH]c2n1. The van der Waals surface area contributed by atoms with E-state index in [-0.39, 0.29) is 22.8 Å². The molecule has 7 nitrogen and oxygen atoms in total. The van der Waals surface area contributed by atoms with E-state index in [1.54, 1.807) is 6.20 Å². The van der Waals surface area contributed by atoms with Gasteiger partial charge < -0.3 is 10.4 Å². The molecule has 3 rings (SSSR count). The molecule has 150 valence electrons. The third-order valence-corrected chi connectivity index (χ3v) is 6.14. The summed E-state index contributed by atoms with van der Waals surface area (Å²) in [5.41, 5.74) is 2.61. The number of nitrogens with zero attached hydrogens (tertiary/aromatic N) is 3. The number of aryl methyl sites for hydroxylation is 1. The minimum Gasteiger partial charge on any atom is -0.394 e. The number of rotatable bonds is 8. The van der Waals surface area contributed by atoms with Crippen LogP contribution < -0.4 is 10.2 Å². The molecule has 0 saturated carbocycles. The molecule has 0 radical (unpaired) electrons. The Morgan fingerprint density at radius 2 is 2.11 bits per heavy atom. The average Bonchev–Trinajstić information content (AvgIpc) is 3.01. The first-order valence-corrected chi connectivity index (χ1v) is 10.9. The summed E-state index contributed by atoms with van der Waals surface area (Å²) >= 11 is 2.57. The number of thiazole rings is 1. The van der Waals surface area contributed by atoms with Gasteiger partial charge in [0.25, 0.3) is 0 Å². The summed E-state index contributed by atoms with van der Waals surface area (Å²) in [5.74, 6) is 1.01. The summed E-state index contributed by atoms with van der Waals surface area (Å²) in [7, 11) is 0. The molecule has 3 aromatic heterocycles. The van der Waals surface area contributed by atoms with Gasteiger partial charge in [-0.05, 0) is 37.8 Å². The number of nitrogens with one attached hydrogen (secondary N) is 2. The van der Waals surface area contributed by atoms with Crippen molar-refractivity contribution >= 4 is 39.3 Å². The highest BCUT2D eigenvalue weighted by molar-refractivity contribution is 7.99. The number of aromatic amines is 1. The van der Waals surface area contributed by atoms with E-state index >= 15 is 0 Å². The standard InChI is InChI=1S/C19H25N5O2S2/c1-10(2)8-13(9-25)21-16-15-17(24-19(26)28-15)23-18(22-16)27-12(4)14-11(3)6-5-7-20-14/h5-7,10,12-13,25H,8-9H2,1-4H3,(H2,21,22,23,24,26)/t12?,13-/m1/s1. The van der Waals surface area contributed by atoms with Crippen molar-refractivity contribution < 1.29 is 5.11 Å². The van der Waals surface area contributed by atoms with Crippen molar-refractivity contribution in [3.8, 4) is 0 Å². The molecule has 2 atom stereocenters. The molecular formula is C19H25N5O2S2. The van der Waals surface area contributed by atoms with Gasteiger partial charge in [-0.15, -0.1) is 0 Å². The lowest BCUT2D eigenvalue weighted by atomic mass is 10.0. The van der Waals surface area contributed by atoms with Crippen molar-refractivity contribution in [2.45, 2.75) is 50.6 Å². The zero-order valence-corrected chi connectivity index (χ0v) is 18.0. The third kappa shape index (κ3) is 4.89. The lowest BCUT2D eigenvalue weighted by molar-refractivity contribution is 0.259. The molecule has 0 amide bonds. The summed E-state index contributed by atoms with van der Waals surface area (Å²) in [6.07, 6.45) is 2.58. The zero-order valence-electron chi connectivity index (χ0n) is 16.4. The van der Waals surface area contributed by atoms with Crippen LogP contribution in [0.15, 0.2) is 28.3 Å². The average molecular weight is 420 g/mol. The molecular weight excluding hydrogens is 394 g/mol. The predicted octanol–water partition coefficient (Wildman–Crippen LogP) is 3.76. The van der Waals surface area contributed by atoms with E-state index in [1.807, 2.05) is 19.1 Å². The fourth-order valence-corrected chi connectivity index (χ4v) is 4.75. The van der Waals surface area contributed by atoms with E-state index in [0.717, 1.165) is 29.0 Å². The molecule has 1 unspecified atom stereocenters. The van der Waals surface area contributed by atoms with Gasteiger partial charge >= 0.3 is 4.87 Å². The number of aliphatic hydroxyl groups excluding tert-OH is 1. The van der Waals surface area contributed by atoms with Crippen molar-refractivity contribution in [1.82, 2.24) is 19.9 Å². The first-order valence-electron chi connectivity index (χ1n) is 9.23. The second-order valence-corrected chi connectivity index (χ2v) is 9.46. The Hall–Kier alpha value is -1.97. The topological polar surface area (TPSA) is 104 Å². The van der Waals surface area contributed by atoms with Crippen LogP contribution >= 0.6 is 23.1 Å². The number of fused-ring (bicyclic) bond motifs is 1. The van der Waals surface area contributed by atoms with Crippen molar-refractivity contribution in [2.24, 2.45) is 5.92 Å². The van der Waals surface area contributed by atoms with Gasteiger partial charge in [-0.3, -0.25) is 14.8 Å². The van der Waals surface area contributed by atoms with Crippen LogP contribution in [0.25, 0.3) is 10.3 Å². The van der Waals surface area contributed by atoms with E-state index in [4.69, 9.17) is 0 Å². The smallest absolute Gasteiger partial charge is 0.306 e. The molecule has 0 aromatic carbocycles. The first kappa shape index (κ1) is 20.8. The van der Waals surface area contributed by atoms with Gasteiger partial charge in [-0.2, -0.15) is 0 Å². The first-order chi connectivity index (χ1) is 13.4. The van der Waals surface area contributed by atoms with E-state index in [0.29, 0.717) is 27.2 Å². The van der Waals surface area contributed by atoms with Gasteiger partial charge in [0.2, 0.25) is 0 Å². The molecule has 3 heterocycles. The van der Waals surface area contributed by atoms with E-state index < -0.39 is 0 Å². The quantitative estimate of drug-likeness (QED) is 0.377. The maximum Gasteiger partial charge on any atom is 0.306 e. The van der Waals surface area contributed by atoms with Crippen LogP contribution in [0.4, 0.5) is 5.82 Å². The summed E-state index contributed by atoms with van der Waals surface area (Å²) in [4.78, 5) is 28.1. The molecule has 9 heteroatoms. The molecule has 0 bridgehead atoms. The van der Waals surface area contributed by atoms with E-state index in [1.165, 1.54) is 11.8 Å². The van der Waals surface area contributed by atoms with E-state index in [9.17, 15) is 9.90 Å². The zero-order chi connectivity index (χ0) is 20.3. The Balaban J connectivity index is 1.93. The maximum atomic E-state index is 11.9. The van der Waals surface area contributed by atoms with Crippen LogP contribution in [0.2, 0.25) is 0 Å². The Morgan fingerprint density at radius 1 is 1.32 bits per heavy atom. The lowest BCUT2D eigenvalue weighted by Crippen LogP contribution is -2.26. The Labute approximate surface area is 172 Å². The molecule has 28 heavy (non-hydrogen) atoms. The number of aliphatic hydroxyl groups is 1. The molecule has 3 N–H and O–H groups in total. The largest absolute Gasteiger partial charge is 0.394 e. The molecule has 3 aromatic rings. The van der Waals surface area contributed by atoms with Crippen LogP contribution in [0.1, 0.15) is 43.7 Å². The molecule has 0 aliphatic heterocycles. The highest BCUT2D eigenvalue weighted by Crippen LogP contribution is 2.35. The lowest BCUT2D eigenvalue weighted by Gasteiger charge is -2.19. The van der Waals surface area contributed by atoms with Crippen LogP contribution in [0.5, 0.6) is 0 Å². The van der Waals surface area contributed by atoms with Crippen LogP contribution in [0.3, 0.4) is 0 Å². The summed E-state index contributed by atoms with van der Waals surface area (Å²) in [5, 5.41) is 13.6. The predicted molar refractivity (Wildman–Crippen MR) is 115 cm³/mol. The van der Waals surface area contributed by atoms with Gasteiger partial charge in [0.15, 0.2) is 16.6 Å². The van der Waals surface area contributed by atoms with Gasteiger partial charge in [0.05, 0.1) is 23.6 Å². The number of anilines is 1. The summed E-state index contributed by atoms with van der Waals surface area (Å²) in [6.45, 7) is 8.30. The Kier molecular flexibility index (Phi) is 6.69. The molecule has 0 aliphatic carbocycles. The van der Waals surface area contributed by atoms with Gasteiger partial charge in [0.1, 0.15) is 4.70 Å². The molecule has 0 aliphatic rings. The summed E-state index contributed by atoms with van der Waals surface area (Å²) < 4.78 is 0.679. The monoisotopic (exact) mass is 419 g/mol. The maximum absolute atomic E-state index is 11.9.